The number of nitrogens with zero attached hydrogens (tertiary/aromatic N) is 3. The Bertz CT molecular complexity index is 3150. The average molecular weight is 951 g/mol. The minimum atomic E-state index is -2.09. The quantitative estimate of drug-likeness (QED) is 0.149. The van der Waals surface area contributed by atoms with E-state index in [2.05, 4.69) is 147 Å². The van der Waals surface area contributed by atoms with E-state index in [9.17, 15) is 0 Å². The van der Waals surface area contributed by atoms with E-state index in [1.165, 1.54) is 28.5 Å². The minimum absolute atomic E-state index is 0. The molecule has 0 N–H and O–H groups in total. The van der Waals surface area contributed by atoms with Gasteiger partial charge in [-0.05, 0) is 101 Å². The second kappa shape index (κ2) is 16.7. The predicted octanol–water partition coefficient (Wildman–Crippen LogP) is 14.3. The van der Waals surface area contributed by atoms with Crippen molar-refractivity contribution in [2.45, 2.75) is 59.9 Å². The summed E-state index contributed by atoms with van der Waals surface area (Å²) in [6, 6.07) is 48.1. The fourth-order valence-corrected chi connectivity index (χ4v) is 7.96. The molecule has 6 heteroatoms. The molecule has 0 fully saturated rings. The molecule has 0 unspecified atom stereocenters. The molecule has 0 saturated carbocycles. The molecule has 59 heavy (non-hydrogen) atoms. The van der Waals surface area contributed by atoms with Gasteiger partial charge in [-0.15, -0.1) is 35.9 Å². The molecule has 0 bridgehead atoms. The van der Waals surface area contributed by atoms with Gasteiger partial charge in [0.05, 0.1) is 16.9 Å². The number of rotatable bonds is 7. The molecule has 295 valence electrons. The van der Waals surface area contributed by atoms with E-state index in [-0.39, 0.29) is 25.7 Å². The first-order valence-electron chi connectivity index (χ1n) is 21.3. The summed E-state index contributed by atoms with van der Waals surface area (Å²) in [4.78, 5) is 9.31. The molecule has 0 aliphatic carbocycles. The Morgan fingerprint density at radius 3 is 2.14 bits per heavy atom. The van der Waals surface area contributed by atoms with Crippen molar-refractivity contribution in [2.24, 2.45) is 0 Å². The van der Waals surface area contributed by atoms with Crippen LogP contribution in [0.1, 0.15) is 71.5 Å². The third-order valence-corrected chi connectivity index (χ3v) is 10.9. The van der Waals surface area contributed by atoms with Gasteiger partial charge in [0.25, 0.3) is 0 Å². The van der Waals surface area contributed by atoms with Crippen molar-refractivity contribution in [1.82, 2.24) is 14.5 Å². The summed E-state index contributed by atoms with van der Waals surface area (Å²) in [6.07, 6.45) is 4.64. The molecular weight excluding hydrogens is 903 g/mol. The van der Waals surface area contributed by atoms with Gasteiger partial charge >= 0.3 is 0 Å². The van der Waals surface area contributed by atoms with Gasteiger partial charge in [-0.1, -0.05) is 118 Å². The smallest absolute Gasteiger partial charge is 0.135 e. The normalized spacial score (nSPS) is 12.4. The molecule has 0 aliphatic rings. The van der Waals surface area contributed by atoms with Gasteiger partial charge in [-0.25, -0.2) is 0 Å². The Kier molecular flexibility index (Phi) is 10.2. The van der Waals surface area contributed by atoms with Crippen LogP contribution in [0.2, 0.25) is 0 Å². The summed E-state index contributed by atoms with van der Waals surface area (Å²) in [5, 5.41) is 3.25. The van der Waals surface area contributed by atoms with Crippen LogP contribution in [-0.2, 0) is 26.7 Å². The summed E-state index contributed by atoms with van der Waals surface area (Å²) in [7, 11) is 0. The average Bonchev–Trinajstić information content (AvgIpc) is 3.96. The second-order valence-corrected chi connectivity index (χ2v) is 15.5. The number of furan rings is 2. The number of pyridine rings is 1. The number of para-hydroxylation sites is 2. The van der Waals surface area contributed by atoms with Crippen molar-refractivity contribution in [3.8, 4) is 33.8 Å². The molecule has 10 aromatic rings. The van der Waals surface area contributed by atoms with E-state index in [0.29, 0.717) is 11.8 Å². The molecule has 10 rings (SSSR count). The fraction of sp³-hybridized carbons (Fsp3) is 0.170. The van der Waals surface area contributed by atoms with Gasteiger partial charge in [0.2, 0.25) is 0 Å². The van der Waals surface area contributed by atoms with Crippen LogP contribution in [0.4, 0.5) is 0 Å². The van der Waals surface area contributed by atoms with Crippen LogP contribution in [-0.4, -0.2) is 14.5 Å². The first-order chi connectivity index (χ1) is 29.4. The Balaban J connectivity index is 0.000000263. The van der Waals surface area contributed by atoms with E-state index < -0.39 is 6.85 Å². The molecule has 0 amide bonds. The second-order valence-electron chi connectivity index (χ2n) is 15.5. The third kappa shape index (κ3) is 7.79. The molecule has 4 heterocycles. The molecule has 4 aromatic heterocycles. The van der Waals surface area contributed by atoms with Gasteiger partial charge in [0, 0.05) is 59.6 Å². The summed E-state index contributed by atoms with van der Waals surface area (Å²) < 4.78 is 36.3. The van der Waals surface area contributed by atoms with Crippen molar-refractivity contribution in [3.05, 3.63) is 180 Å². The first kappa shape index (κ1) is 36.0. The number of hydrogen-bond donors (Lipinski definition) is 0. The zero-order valence-corrected chi connectivity index (χ0v) is 36.0. The van der Waals surface area contributed by atoms with Gasteiger partial charge < -0.3 is 18.4 Å². The van der Waals surface area contributed by atoms with Crippen LogP contribution in [0.3, 0.4) is 0 Å². The molecule has 0 spiro atoms. The van der Waals surface area contributed by atoms with Crippen molar-refractivity contribution >= 4 is 43.9 Å². The molecule has 0 saturated heterocycles. The Morgan fingerprint density at radius 1 is 0.695 bits per heavy atom. The van der Waals surface area contributed by atoms with Crippen LogP contribution < -0.4 is 0 Å². The van der Waals surface area contributed by atoms with E-state index >= 15 is 0 Å². The van der Waals surface area contributed by atoms with Crippen molar-refractivity contribution < 1.29 is 33.1 Å². The molecule has 5 nitrogen and oxygen atoms in total. The van der Waals surface area contributed by atoms with Gasteiger partial charge in [-0.3, -0.25) is 4.98 Å². The zero-order chi connectivity index (χ0) is 42.4. The monoisotopic (exact) mass is 951 g/mol. The first-order valence-corrected chi connectivity index (χ1v) is 19.8. The van der Waals surface area contributed by atoms with Crippen LogP contribution in [0, 0.1) is 26.1 Å². The topological polar surface area (TPSA) is 57.0 Å². The summed E-state index contributed by atoms with van der Waals surface area (Å²) in [6.45, 7) is 9.83. The van der Waals surface area contributed by atoms with Crippen LogP contribution in [0.5, 0.6) is 0 Å². The van der Waals surface area contributed by atoms with E-state index in [0.717, 1.165) is 84.3 Å². The SMILES string of the molecule is Cc1ccc2c(c1)oc1ccc(-c3ccc4o[c-]c(-c5nc6ccccc6n5Cc5c(C(C)C)cccc5C(C)C)c4c3)cc12.[2H]C([2H])([2H])c1ccc(-c2[c-]cccc2)nc1.[Ir]. The Hall–Kier alpha value is -6.07. The maximum absolute atomic E-state index is 7.23. The maximum atomic E-state index is 7.23. The Labute approximate surface area is 363 Å². The summed E-state index contributed by atoms with van der Waals surface area (Å²) in [5.41, 5.74) is 15.0. The van der Waals surface area contributed by atoms with Crippen molar-refractivity contribution in [2.75, 3.05) is 0 Å². The van der Waals surface area contributed by atoms with Gasteiger partial charge in [0.15, 0.2) is 0 Å². The number of aryl methyl sites for hydroxylation is 2. The largest absolute Gasteiger partial charge is 0.557 e. The van der Waals surface area contributed by atoms with Crippen LogP contribution >= 0.6 is 0 Å². The zero-order valence-electron chi connectivity index (χ0n) is 36.6. The standard InChI is InChI=1S/C41H35N2O2.C12H10N.Ir/c1-24(2)29-9-8-10-30(25(3)4)34(29)22-43-37-12-7-6-11-36(37)42-41(43)35-23-44-38-17-14-27(21-33(35)38)28-15-18-39-32(20-28)31-16-13-26(5)19-40(31)45-39;1-10-7-8-12(13-9-10)11-5-3-2-4-6-11;/h6-21,24-25H,22H2,1-5H3;2-5,7-9H,1H3;/q2*-1;/i;1D3;. The van der Waals surface area contributed by atoms with Crippen LogP contribution in [0.15, 0.2) is 148 Å². The number of aromatic nitrogens is 3. The number of hydrogen-bond acceptors (Lipinski definition) is 4. The molecular formula is C53H45IrN3O2-2. The van der Waals surface area contributed by atoms with Crippen molar-refractivity contribution in [1.29, 1.82) is 0 Å². The maximum Gasteiger partial charge on any atom is 0.135 e. The number of benzene rings is 6. The molecule has 0 aliphatic heterocycles. The predicted molar refractivity (Wildman–Crippen MR) is 238 cm³/mol. The van der Waals surface area contributed by atoms with E-state index in [1.807, 2.05) is 24.3 Å². The third-order valence-electron chi connectivity index (χ3n) is 10.9. The van der Waals surface area contributed by atoms with E-state index in [1.54, 1.807) is 18.2 Å². The number of fused-ring (bicyclic) bond motifs is 5. The number of imidazole rings is 1. The molecule has 6 aromatic carbocycles. The summed E-state index contributed by atoms with van der Waals surface area (Å²) >= 11 is 0. The van der Waals surface area contributed by atoms with Gasteiger partial charge in [-0.2, -0.15) is 0 Å². The minimum Gasteiger partial charge on any atom is -0.557 e. The van der Waals surface area contributed by atoms with Crippen LogP contribution in [0.25, 0.3) is 77.7 Å². The summed E-state index contributed by atoms with van der Waals surface area (Å²) in [5.74, 6) is 1.69. The molecule has 0 atom stereocenters. The van der Waals surface area contributed by atoms with Gasteiger partial charge in [0.1, 0.15) is 11.2 Å². The Morgan fingerprint density at radius 2 is 1.42 bits per heavy atom. The van der Waals surface area contributed by atoms with Crippen molar-refractivity contribution in [3.63, 3.8) is 0 Å². The fourth-order valence-electron chi connectivity index (χ4n) is 7.96. The molecule has 1 radical (unpaired) electrons. The van der Waals surface area contributed by atoms with E-state index in [4.69, 9.17) is 17.9 Å².